The van der Waals surface area contributed by atoms with Crippen LogP contribution in [0.15, 0.2) is 30.3 Å². The number of benzene rings is 2. The number of nitrogens with zero attached hydrogens (tertiary/aromatic N) is 2. The van der Waals surface area contributed by atoms with Crippen molar-refractivity contribution in [3.8, 4) is 0 Å². The standard InChI is InChI=1S/C23H30N2/c1-7-8-21-13-19(5)23(20(6)14-21)25-10-9-24(15-25)22-17(3)11-16(2)12-18(22)4/h7-8,11-14H,9-10,15H2,1-6H3/b8-7+. The maximum absolute atomic E-state index is 2.53. The molecule has 2 nitrogen and oxygen atoms in total. The van der Waals surface area contributed by atoms with E-state index >= 15 is 0 Å². The van der Waals surface area contributed by atoms with E-state index in [1.165, 1.54) is 44.8 Å². The zero-order chi connectivity index (χ0) is 18.1. The number of anilines is 2. The van der Waals surface area contributed by atoms with Crippen molar-refractivity contribution >= 4 is 17.5 Å². The molecule has 1 saturated heterocycles. The van der Waals surface area contributed by atoms with Gasteiger partial charge in [0.05, 0.1) is 6.67 Å². The second-order valence-electron chi connectivity index (χ2n) is 7.42. The van der Waals surface area contributed by atoms with Gasteiger partial charge in [-0.1, -0.05) is 29.8 Å². The summed E-state index contributed by atoms with van der Waals surface area (Å²) in [5.74, 6) is 0. The maximum Gasteiger partial charge on any atom is 0.0904 e. The Labute approximate surface area is 152 Å². The Bertz CT molecular complexity index is 771. The van der Waals surface area contributed by atoms with Crippen LogP contribution in [0.2, 0.25) is 0 Å². The molecule has 2 heteroatoms. The number of hydrogen-bond donors (Lipinski definition) is 0. The lowest BCUT2D eigenvalue weighted by Crippen LogP contribution is -2.27. The third-order valence-electron chi connectivity index (χ3n) is 5.12. The molecule has 3 rings (SSSR count). The zero-order valence-electron chi connectivity index (χ0n) is 16.5. The van der Waals surface area contributed by atoms with E-state index in [1.807, 2.05) is 0 Å². The summed E-state index contributed by atoms with van der Waals surface area (Å²) < 4.78 is 0. The monoisotopic (exact) mass is 334 g/mol. The highest BCUT2D eigenvalue weighted by Crippen LogP contribution is 2.33. The van der Waals surface area contributed by atoms with Gasteiger partial charge in [0.2, 0.25) is 0 Å². The van der Waals surface area contributed by atoms with Crippen molar-refractivity contribution in [3.05, 3.63) is 63.7 Å². The van der Waals surface area contributed by atoms with Crippen molar-refractivity contribution < 1.29 is 0 Å². The Kier molecular flexibility index (Phi) is 4.89. The first-order valence-corrected chi connectivity index (χ1v) is 9.22. The molecule has 0 aliphatic carbocycles. The molecular weight excluding hydrogens is 304 g/mol. The molecule has 1 aliphatic heterocycles. The predicted octanol–water partition coefficient (Wildman–Crippen LogP) is 5.55. The van der Waals surface area contributed by atoms with Crippen molar-refractivity contribution in [2.75, 3.05) is 29.6 Å². The summed E-state index contributed by atoms with van der Waals surface area (Å²) in [6, 6.07) is 9.20. The first-order chi connectivity index (χ1) is 11.9. The van der Waals surface area contributed by atoms with Crippen molar-refractivity contribution in [3.63, 3.8) is 0 Å². The summed E-state index contributed by atoms with van der Waals surface area (Å²) in [4.78, 5) is 5.06. The van der Waals surface area contributed by atoms with Gasteiger partial charge in [-0.15, -0.1) is 0 Å². The Morgan fingerprint density at radius 2 is 1.16 bits per heavy atom. The van der Waals surface area contributed by atoms with Gasteiger partial charge in [-0.3, -0.25) is 0 Å². The number of rotatable bonds is 3. The maximum atomic E-state index is 2.53. The molecule has 0 N–H and O–H groups in total. The van der Waals surface area contributed by atoms with Crippen LogP contribution in [0.25, 0.3) is 6.08 Å². The molecule has 2 aromatic rings. The molecule has 0 radical (unpaired) electrons. The average molecular weight is 335 g/mol. The molecule has 0 atom stereocenters. The lowest BCUT2D eigenvalue weighted by atomic mass is 10.0. The van der Waals surface area contributed by atoms with Crippen LogP contribution < -0.4 is 9.80 Å². The van der Waals surface area contributed by atoms with E-state index in [4.69, 9.17) is 0 Å². The number of allylic oxidation sites excluding steroid dienone is 1. The van der Waals surface area contributed by atoms with Gasteiger partial charge in [0.25, 0.3) is 0 Å². The molecule has 0 aromatic heterocycles. The molecule has 1 aliphatic rings. The van der Waals surface area contributed by atoms with Crippen LogP contribution in [0.5, 0.6) is 0 Å². The van der Waals surface area contributed by atoms with E-state index in [2.05, 4.69) is 87.8 Å². The molecule has 0 amide bonds. The summed E-state index contributed by atoms with van der Waals surface area (Å²) in [6.45, 7) is 16.3. The van der Waals surface area contributed by atoms with Crippen molar-refractivity contribution in [1.82, 2.24) is 0 Å². The van der Waals surface area contributed by atoms with Gasteiger partial charge in [-0.2, -0.15) is 0 Å². The first-order valence-electron chi connectivity index (χ1n) is 9.22. The fourth-order valence-corrected chi connectivity index (χ4v) is 4.40. The second kappa shape index (κ2) is 6.95. The minimum absolute atomic E-state index is 0.968. The van der Waals surface area contributed by atoms with Crippen LogP contribution in [0.3, 0.4) is 0 Å². The van der Waals surface area contributed by atoms with Crippen LogP contribution in [-0.2, 0) is 0 Å². The largest absolute Gasteiger partial charge is 0.352 e. The molecule has 0 saturated carbocycles. The van der Waals surface area contributed by atoms with Gasteiger partial charge in [0.15, 0.2) is 0 Å². The molecule has 1 heterocycles. The van der Waals surface area contributed by atoms with Gasteiger partial charge < -0.3 is 9.80 Å². The van der Waals surface area contributed by atoms with E-state index in [-0.39, 0.29) is 0 Å². The summed E-state index contributed by atoms with van der Waals surface area (Å²) in [6.07, 6.45) is 4.29. The SMILES string of the molecule is C/C=C/c1cc(C)c(N2CCN(c3c(C)cc(C)cc3C)C2)c(C)c1. The molecule has 0 spiro atoms. The van der Waals surface area contributed by atoms with Gasteiger partial charge in [-0.25, -0.2) is 0 Å². The van der Waals surface area contributed by atoms with Crippen molar-refractivity contribution in [2.45, 2.75) is 41.5 Å². The van der Waals surface area contributed by atoms with Gasteiger partial charge in [0, 0.05) is 24.5 Å². The highest BCUT2D eigenvalue weighted by atomic mass is 15.4. The van der Waals surface area contributed by atoms with Crippen LogP contribution in [-0.4, -0.2) is 19.8 Å². The Morgan fingerprint density at radius 1 is 0.720 bits per heavy atom. The topological polar surface area (TPSA) is 6.48 Å². The van der Waals surface area contributed by atoms with Crippen LogP contribution in [0, 0.1) is 34.6 Å². The van der Waals surface area contributed by atoms with E-state index in [0.717, 1.165) is 19.8 Å². The predicted molar refractivity (Wildman–Crippen MR) is 111 cm³/mol. The summed E-state index contributed by atoms with van der Waals surface area (Å²) in [5, 5.41) is 0. The minimum Gasteiger partial charge on any atom is -0.352 e. The molecule has 0 unspecified atom stereocenters. The van der Waals surface area contributed by atoms with Gasteiger partial charge in [0.1, 0.15) is 0 Å². The summed E-state index contributed by atoms with van der Waals surface area (Å²) in [5.41, 5.74) is 11.0. The van der Waals surface area contributed by atoms with Crippen molar-refractivity contribution in [2.24, 2.45) is 0 Å². The van der Waals surface area contributed by atoms with Crippen LogP contribution in [0.4, 0.5) is 11.4 Å². The fraction of sp³-hybridized carbons (Fsp3) is 0.391. The zero-order valence-corrected chi connectivity index (χ0v) is 16.5. The summed E-state index contributed by atoms with van der Waals surface area (Å²) in [7, 11) is 0. The molecule has 1 fully saturated rings. The number of hydrogen-bond acceptors (Lipinski definition) is 2. The van der Waals surface area contributed by atoms with Crippen molar-refractivity contribution in [1.29, 1.82) is 0 Å². The quantitative estimate of drug-likeness (QED) is 0.726. The Morgan fingerprint density at radius 3 is 1.60 bits per heavy atom. The Hall–Kier alpha value is -2.22. The Balaban J connectivity index is 1.89. The van der Waals surface area contributed by atoms with Crippen LogP contribution in [0.1, 0.15) is 40.3 Å². The first kappa shape index (κ1) is 17.6. The lowest BCUT2D eigenvalue weighted by Gasteiger charge is -2.27. The molecule has 0 bridgehead atoms. The summed E-state index contributed by atoms with van der Waals surface area (Å²) >= 11 is 0. The second-order valence-corrected chi connectivity index (χ2v) is 7.42. The molecule has 2 aromatic carbocycles. The molecular formula is C23H30N2. The molecule has 132 valence electrons. The van der Waals surface area contributed by atoms with Gasteiger partial charge >= 0.3 is 0 Å². The van der Waals surface area contributed by atoms with Gasteiger partial charge in [-0.05, 0) is 81.5 Å². The fourth-order valence-electron chi connectivity index (χ4n) is 4.40. The smallest absolute Gasteiger partial charge is 0.0904 e. The lowest BCUT2D eigenvalue weighted by molar-refractivity contribution is 0.931. The van der Waals surface area contributed by atoms with Crippen LogP contribution >= 0.6 is 0 Å². The number of aryl methyl sites for hydroxylation is 5. The van der Waals surface area contributed by atoms with E-state index in [9.17, 15) is 0 Å². The molecule has 25 heavy (non-hydrogen) atoms. The third-order valence-corrected chi connectivity index (χ3v) is 5.12. The van der Waals surface area contributed by atoms with E-state index in [0.29, 0.717) is 0 Å². The normalized spacial score (nSPS) is 14.8. The highest BCUT2D eigenvalue weighted by molar-refractivity contribution is 5.68. The minimum atomic E-state index is 0.968. The van der Waals surface area contributed by atoms with E-state index < -0.39 is 0 Å². The average Bonchev–Trinajstić information content (AvgIpc) is 2.95. The highest BCUT2D eigenvalue weighted by Gasteiger charge is 2.25. The van der Waals surface area contributed by atoms with E-state index in [1.54, 1.807) is 0 Å². The third kappa shape index (κ3) is 3.44.